The van der Waals surface area contributed by atoms with Crippen molar-refractivity contribution in [3.05, 3.63) is 35.4 Å². The maximum atomic E-state index is 11.6. The van der Waals surface area contributed by atoms with E-state index in [-0.39, 0.29) is 24.7 Å². The lowest BCUT2D eigenvalue weighted by atomic mass is 9.91. The van der Waals surface area contributed by atoms with E-state index >= 15 is 0 Å². The molecule has 1 aromatic rings. The normalized spacial score (nSPS) is 11.9. The highest BCUT2D eigenvalue weighted by atomic mass is 16.4. The molecule has 0 aliphatic carbocycles. The first-order valence-electron chi connectivity index (χ1n) is 6.08. The average Bonchev–Trinajstić information content (AvgIpc) is 2.28. The van der Waals surface area contributed by atoms with E-state index < -0.39 is 5.97 Å². The van der Waals surface area contributed by atoms with Crippen molar-refractivity contribution in [3.8, 4) is 0 Å². The minimum atomic E-state index is -0.884. The van der Waals surface area contributed by atoms with Crippen LogP contribution in [0.5, 0.6) is 0 Å². The topological polar surface area (TPSA) is 66.4 Å². The fraction of sp³-hybridized carbons (Fsp3) is 0.429. The molecule has 0 bridgehead atoms. The van der Waals surface area contributed by atoms with Gasteiger partial charge in [-0.25, -0.2) is 0 Å². The maximum Gasteiger partial charge on any atom is 0.303 e. The first-order valence-corrected chi connectivity index (χ1v) is 6.08. The van der Waals surface area contributed by atoms with Crippen molar-refractivity contribution >= 4 is 11.9 Å². The van der Waals surface area contributed by atoms with Gasteiger partial charge in [0.05, 0.1) is 6.42 Å². The average molecular weight is 249 g/mol. The number of benzene rings is 1. The highest BCUT2D eigenvalue weighted by Crippen LogP contribution is 2.24. The molecule has 1 amide bonds. The summed E-state index contributed by atoms with van der Waals surface area (Å²) < 4.78 is 0. The summed E-state index contributed by atoms with van der Waals surface area (Å²) in [5.74, 6) is -1.26. The Kier molecular flexibility index (Phi) is 5.36. The van der Waals surface area contributed by atoms with Crippen LogP contribution in [0.1, 0.15) is 36.8 Å². The van der Waals surface area contributed by atoms with Crippen LogP contribution in [0.15, 0.2) is 24.3 Å². The molecule has 4 nitrogen and oxygen atoms in total. The molecule has 98 valence electrons. The molecular formula is C14H19NO3. The van der Waals surface area contributed by atoms with Crippen LogP contribution in [-0.4, -0.2) is 23.5 Å². The highest BCUT2D eigenvalue weighted by molar-refractivity contribution is 5.78. The molecule has 18 heavy (non-hydrogen) atoms. The van der Waals surface area contributed by atoms with E-state index in [1.165, 1.54) is 0 Å². The van der Waals surface area contributed by atoms with Crippen molar-refractivity contribution in [1.29, 1.82) is 0 Å². The Labute approximate surface area is 107 Å². The predicted molar refractivity (Wildman–Crippen MR) is 69.5 cm³/mol. The molecule has 0 saturated carbocycles. The van der Waals surface area contributed by atoms with Gasteiger partial charge >= 0.3 is 5.97 Å². The third kappa shape index (κ3) is 4.57. The number of carboxylic acids is 1. The number of aryl methyl sites for hydroxylation is 1. The van der Waals surface area contributed by atoms with Crippen LogP contribution in [0.2, 0.25) is 0 Å². The molecule has 0 spiro atoms. The van der Waals surface area contributed by atoms with E-state index in [1.54, 1.807) is 0 Å². The molecule has 0 aliphatic heterocycles. The standard InChI is InChI=1S/C14H19NO3/c1-3-15-13(16)8-12(9-14(17)18)11-6-4-5-10(2)7-11/h4-7,12H,3,8-9H2,1-2H3,(H,15,16)(H,17,18). The van der Waals surface area contributed by atoms with Gasteiger partial charge in [0.15, 0.2) is 0 Å². The minimum Gasteiger partial charge on any atom is -0.481 e. The summed E-state index contributed by atoms with van der Waals surface area (Å²) in [6.45, 7) is 4.36. The summed E-state index contributed by atoms with van der Waals surface area (Å²) in [5, 5.41) is 11.6. The van der Waals surface area contributed by atoms with Crippen molar-refractivity contribution < 1.29 is 14.7 Å². The van der Waals surface area contributed by atoms with Crippen molar-refractivity contribution in [2.75, 3.05) is 6.54 Å². The van der Waals surface area contributed by atoms with Crippen LogP contribution in [0.4, 0.5) is 0 Å². The van der Waals surface area contributed by atoms with Crippen molar-refractivity contribution in [2.45, 2.75) is 32.6 Å². The molecule has 0 heterocycles. The van der Waals surface area contributed by atoms with Crippen LogP contribution < -0.4 is 5.32 Å². The second-order valence-corrected chi connectivity index (χ2v) is 4.37. The monoisotopic (exact) mass is 249 g/mol. The Bertz CT molecular complexity index is 429. The highest BCUT2D eigenvalue weighted by Gasteiger charge is 2.19. The molecule has 4 heteroatoms. The van der Waals surface area contributed by atoms with Gasteiger partial charge in [-0.1, -0.05) is 29.8 Å². The molecule has 1 aromatic carbocycles. The Morgan fingerprint density at radius 3 is 2.61 bits per heavy atom. The summed E-state index contributed by atoms with van der Waals surface area (Å²) in [6, 6.07) is 7.65. The number of hydrogen-bond donors (Lipinski definition) is 2. The molecule has 2 N–H and O–H groups in total. The summed E-state index contributed by atoms with van der Waals surface area (Å²) in [6.07, 6.45) is 0.185. The van der Waals surface area contributed by atoms with E-state index in [1.807, 2.05) is 38.1 Å². The molecule has 0 radical (unpaired) electrons. The minimum absolute atomic E-state index is 0.0272. The van der Waals surface area contributed by atoms with E-state index in [0.717, 1.165) is 11.1 Å². The van der Waals surface area contributed by atoms with Crippen molar-refractivity contribution in [2.24, 2.45) is 0 Å². The third-order valence-corrected chi connectivity index (χ3v) is 2.74. The van der Waals surface area contributed by atoms with Crippen LogP contribution >= 0.6 is 0 Å². The number of rotatable bonds is 6. The van der Waals surface area contributed by atoms with Gasteiger partial charge in [0, 0.05) is 18.9 Å². The molecule has 1 rings (SSSR count). The van der Waals surface area contributed by atoms with E-state index in [0.29, 0.717) is 6.54 Å². The number of carboxylic acid groups (broad SMARTS) is 1. The SMILES string of the molecule is CCNC(=O)CC(CC(=O)O)c1cccc(C)c1. The smallest absolute Gasteiger partial charge is 0.303 e. The predicted octanol–water partition coefficient (Wildman–Crippen LogP) is 2.08. The quantitative estimate of drug-likeness (QED) is 0.811. The second-order valence-electron chi connectivity index (χ2n) is 4.37. The second kappa shape index (κ2) is 6.79. The zero-order valence-corrected chi connectivity index (χ0v) is 10.8. The van der Waals surface area contributed by atoms with Gasteiger partial charge in [0.2, 0.25) is 5.91 Å². The van der Waals surface area contributed by atoms with Crippen LogP contribution in [0.3, 0.4) is 0 Å². The zero-order chi connectivity index (χ0) is 13.5. The van der Waals surface area contributed by atoms with Crippen LogP contribution in [0.25, 0.3) is 0 Å². The molecule has 1 unspecified atom stereocenters. The van der Waals surface area contributed by atoms with Gasteiger partial charge in [-0.3, -0.25) is 9.59 Å². The van der Waals surface area contributed by atoms with Crippen LogP contribution in [-0.2, 0) is 9.59 Å². The summed E-state index contributed by atoms with van der Waals surface area (Å²) in [7, 11) is 0. The first kappa shape index (κ1) is 14.2. The van der Waals surface area contributed by atoms with Gasteiger partial charge in [0.1, 0.15) is 0 Å². The molecule has 0 aromatic heterocycles. The van der Waals surface area contributed by atoms with Crippen molar-refractivity contribution in [3.63, 3.8) is 0 Å². The number of carbonyl (C=O) groups is 2. The van der Waals surface area contributed by atoms with Gasteiger partial charge in [-0.2, -0.15) is 0 Å². The number of hydrogen-bond acceptors (Lipinski definition) is 2. The Morgan fingerprint density at radius 2 is 2.06 bits per heavy atom. The van der Waals surface area contributed by atoms with E-state index in [2.05, 4.69) is 5.32 Å². The lowest BCUT2D eigenvalue weighted by Crippen LogP contribution is -2.25. The molecule has 0 aliphatic rings. The fourth-order valence-corrected chi connectivity index (χ4v) is 1.94. The van der Waals surface area contributed by atoms with Crippen LogP contribution in [0, 0.1) is 6.92 Å². The third-order valence-electron chi connectivity index (χ3n) is 2.74. The molecular weight excluding hydrogens is 230 g/mol. The van der Waals surface area contributed by atoms with Gasteiger partial charge in [-0.15, -0.1) is 0 Å². The largest absolute Gasteiger partial charge is 0.481 e. The Morgan fingerprint density at radius 1 is 1.33 bits per heavy atom. The van der Waals surface area contributed by atoms with Crippen molar-refractivity contribution in [1.82, 2.24) is 5.32 Å². The molecule has 0 saturated heterocycles. The number of nitrogens with one attached hydrogen (secondary N) is 1. The Balaban J connectivity index is 2.84. The first-order chi connectivity index (χ1) is 8.52. The van der Waals surface area contributed by atoms with E-state index in [9.17, 15) is 9.59 Å². The number of carbonyl (C=O) groups excluding carboxylic acids is 1. The lowest BCUT2D eigenvalue weighted by Gasteiger charge is -2.15. The lowest BCUT2D eigenvalue weighted by molar-refractivity contribution is -0.137. The van der Waals surface area contributed by atoms with Gasteiger partial charge in [0.25, 0.3) is 0 Å². The van der Waals surface area contributed by atoms with Gasteiger partial charge in [-0.05, 0) is 19.4 Å². The summed E-state index contributed by atoms with van der Waals surface area (Å²) in [5.41, 5.74) is 1.97. The Hall–Kier alpha value is -1.84. The number of amides is 1. The summed E-state index contributed by atoms with van der Waals surface area (Å²) >= 11 is 0. The zero-order valence-electron chi connectivity index (χ0n) is 10.8. The number of aliphatic carboxylic acids is 1. The molecule has 1 atom stereocenters. The van der Waals surface area contributed by atoms with Gasteiger partial charge < -0.3 is 10.4 Å². The fourth-order valence-electron chi connectivity index (χ4n) is 1.94. The summed E-state index contributed by atoms with van der Waals surface area (Å²) in [4.78, 5) is 22.5. The maximum absolute atomic E-state index is 11.6. The molecule has 0 fully saturated rings. The van der Waals surface area contributed by atoms with E-state index in [4.69, 9.17) is 5.11 Å².